The molecule has 0 aromatic carbocycles. The summed E-state index contributed by atoms with van der Waals surface area (Å²) < 4.78 is 0. The highest BCUT2D eigenvalue weighted by molar-refractivity contribution is 5.76. The Morgan fingerprint density at radius 2 is 2.15 bits per heavy atom. The van der Waals surface area contributed by atoms with Crippen molar-refractivity contribution in [1.29, 1.82) is 0 Å². The number of hydrogen-bond acceptors (Lipinski definition) is 3. The third-order valence-corrected chi connectivity index (χ3v) is 2.20. The first kappa shape index (κ1) is 10.2. The van der Waals surface area contributed by atoms with Gasteiger partial charge in [0, 0.05) is 12.6 Å². The van der Waals surface area contributed by atoms with Crippen molar-refractivity contribution in [2.45, 2.75) is 31.4 Å². The van der Waals surface area contributed by atoms with Crippen molar-refractivity contribution < 1.29 is 15.0 Å². The molecule has 3 N–H and O–H groups in total. The maximum Gasteiger partial charge on any atom is 0.336 e. The van der Waals surface area contributed by atoms with Gasteiger partial charge in [0.2, 0.25) is 0 Å². The van der Waals surface area contributed by atoms with Crippen LogP contribution in [-0.4, -0.2) is 34.4 Å². The predicted molar refractivity (Wildman–Crippen MR) is 48.4 cm³/mol. The van der Waals surface area contributed by atoms with E-state index in [1.165, 1.54) is 6.92 Å². The number of hydrogen-bond donors (Lipinski definition) is 3. The zero-order chi connectivity index (χ0) is 9.90. The second-order valence-electron chi connectivity index (χ2n) is 3.60. The van der Waals surface area contributed by atoms with Gasteiger partial charge in [0.05, 0.1) is 0 Å². The first-order valence-corrected chi connectivity index (χ1v) is 4.36. The predicted octanol–water partition coefficient (Wildman–Crippen LogP) is 0.130. The molecule has 74 valence electrons. The van der Waals surface area contributed by atoms with Crippen LogP contribution in [0.25, 0.3) is 0 Å². The highest BCUT2D eigenvalue weighted by Crippen LogP contribution is 2.10. The topological polar surface area (TPSA) is 69.6 Å². The molecule has 0 saturated heterocycles. The van der Waals surface area contributed by atoms with Gasteiger partial charge in [0.15, 0.2) is 5.60 Å². The molecule has 0 fully saturated rings. The largest absolute Gasteiger partial charge is 0.479 e. The zero-order valence-corrected chi connectivity index (χ0v) is 7.66. The molecule has 0 aromatic heterocycles. The molecular weight excluding hydrogens is 170 g/mol. The molecule has 1 rings (SSSR count). The molecule has 4 nitrogen and oxygen atoms in total. The number of aliphatic carboxylic acids is 1. The summed E-state index contributed by atoms with van der Waals surface area (Å²) in [5.41, 5.74) is -1.66. The van der Waals surface area contributed by atoms with Crippen LogP contribution < -0.4 is 5.32 Å². The first-order valence-electron chi connectivity index (χ1n) is 4.36. The maximum atomic E-state index is 10.5. The third-order valence-electron chi connectivity index (χ3n) is 2.20. The van der Waals surface area contributed by atoms with Crippen LogP contribution in [-0.2, 0) is 4.79 Å². The third kappa shape index (κ3) is 2.82. The summed E-state index contributed by atoms with van der Waals surface area (Å²) >= 11 is 0. The molecule has 0 amide bonds. The smallest absolute Gasteiger partial charge is 0.336 e. The summed E-state index contributed by atoms with van der Waals surface area (Å²) in [5, 5.41) is 21.0. The van der Waals surface area contributed by atoms with E-state index in [-0.39, 0.29) is 12.6 Å². The van der Waals surface area contributed by atoms with Crippen LogP contribution in [0.5, 0.6) is 0 Å². The van der Waals surface area contributed by atoms with Gasteiger partial charge in [-0.1, -0.05) is 12.2 Å². The molecule has 13 heavy (non-hydrogen) atoms. The minimum Gasteiger partial charge on any atom is -0.479 e. The van der Waals surface area contributed by atoms with Gasteiger partial charge in [-0.3, -0.25) is 0 Å². The van der Waals surface area contributed by atoms with E-state index in [4.69, 9.17) is 5.11 Å². The molecule has 4 heteroatoms. The fourth-order valence-electron chi connectivity index (χ4n) is 1.20. The van der Waals surface area contributed by atoms with Gasteiger partial charge >= 0.3 is 5.97 Å². The van der Waals surface area contributed by atoms with Gasteiger partial charge in [0.1, 0.15) is 0 Å². The lowest BCUT2D eigenvalue weighted by molar-refractivity contribution is -0.156. The molecule has 0 aromatic rings. The Labute approximate surface area is 77.3 Å². The summed E-state index contributed by atoms with van der Waals surface area (Å²) in [6.07, 6.45) is 5.92. The number of aliphatic hydroxyl groups is 1. The molecule has 0 bridgehead atoms. The molecule has 1 aliphatic rings. The lowest BCUT2D eigenvalue weighted by Gasteiger charge is -2.21. The van der Waals surface area contributed by atoms with Gasteiger partial charge in [-0.15, -0.1) is 0 Å². The molecule has 0 heterocycles. The highest BCUT2D eigenvalue weighted by Gasteiger charge is 2.30. The standard InChI is InChI=1S/C9H15NO3/c1-9(13,8(11)12)6-10-7-4-2-3-5-7/h2-3,7,10,13H,4-6H2,1H3,(H,11,12). The molecule has 0 saturated carbocycles. The number of nitrogens with one attached hydrogen (secondary N) is 1. The summed E-state index contributed by atoms with van der Waals surface area (Å²) in [6, 6.07) is 0.283. The summed E-state index contributed by atoms with van der Waals surface area (Å²) in [5.74, 6) is -1.19. The van der Waals surface area contributed by atoms with E-state index in [2.05, 4.69) is 5.32 Å². The average Bonchev–Trinajstić information content (AvgIpc) is 2.52. The van der Waals surface area contributed by atoms with Crippen molar-refractivity contribution >= 4 is 5.97 Å². The van der Waals surface area contributed by atoms with E-state index in [9.17, 15) is 9.90 Å². The van der Waals surface area contributed by atoms with E-state index in [0.717, 1.165) is 12.8 Å². The molecule has 0 radical (unpaired) electrons. The minimum atomic E-state index is -1.66. The van der Waals surface area contributed by atoms with E-state index in [0.29, 0.717) is 0 Å². The maximum absolute atomic E-state index is 10.5. The Kier molecular flexibility index (Phi) is 3.06. The number of carboxylic acids is 1. The molecule has 1 unspecified atom stereocenters. The normalized spacial score (nSPS) is 21.7. The van der Waals surface area contributed by atoms with Crippen LogP contribution >= 0.6 is 0 Å². The van der Waals surface area contributed by atoms with Crippen LogP contribution in [0.1, 0.15) is 19.8 Å². The van der Waals surface area contributed by atoms with E-state index < -0.39 is 11.6 Å². The molecule has 0 aliphatic heterocycles. The minimum absolute atomic E-state index is 0.0919. The number of rotatable bonds is 4. The number of carboxylic acid groups (broad SMARTS) is 1. The van der Waals surface area contributed by atoms with Crippen LogP contribution in [0, 0.1) is 0 Å². The number of carbonyl (C=O) groups is 1. The fraction of sp³-hybridized carbons (Fsp3) is 0.667. The quantitative estimate of drug-likeness (QED) is 0.544. The Morgan fingerprint density at radius 3 is 2.62 bits per heavy atom. The van der Waals surface area contributed by atoms with Crippen molar-refractivity contribution in [3.05, 3.63) is 12.2 Å². The molecule has 0 spiro atoms. The highest BCUT2D eigenvalue weighted by atomic mass is 16.4. The van der Waals surface area contributed by atoms with Crippen LogP contribution in [0.3, 0.4) is 0 Å². The fourth-order valence-corrected chi connectivity index (χ4v) is 1.20. The van der Waals surface area contributed by atoms with Gasteiger partial charge in [-0.2, -0.15) is 0 Å². The Balaban J connectivity index is 2.28. The van der Waals surface area contributed by atoms with Crippen molar-refractivity contribution in [3.8, 4) is 0 Å². The van der Waals surface area contributed by atoms with Gasteiger partial charge in [0.25, 0.3) is 0 Å². The van der Waals surface area contributed by atoms with Crippen molar-refractivity contribution in [2.24, 2.45) is 0 Å². The van der Waals surface area contributed by atoms with Crippen LogP contribution in [0.15, 0.2) is 12.2 Å². The van der Waals surface area contributed by atoms with Crippen molar-refractivity contribution in [1.82, 2.24) is 5.32 Å². The van der Waals surface area contributed by atoms with Gasteiger partial charge in [-0.25, -0.2) is 4.79 Å². The van der Waals surface area contributed by atoms with E-state index in [1.54, 1.807) is 0 Å². The summed E-state index contributed by atoms with van der Waals surface area (Å²) in [6.45, 7) is 1.39. The van der Waals surface area contributed by atoms with Gasteiger partial charge in [-0.05, 0) is 19.8 Å². The van der Waals surface area contributed by atoms with Crippen molar-refractivity contribution in [3.63, 3.8) is 0 Å². The second-order valence-corrected chi connectivity index (χ2v) is 3.60. The average molecular weight is 185 g/mol. The zero-order valence-electron chi connectivity index (χ0n) is 7.66. The Bertz CT molecular complexity index is 215. The Morgan fingerprint density at radius 1 is 1.62 bits per heavy atom. The van der Waals surface area contributed by atoms with E-state index >= 15 is 0 Å². The van der Waals surface area contributed by atoms with E-state index in [1.807, 2.05) is 12.2 Å². The monoisotopic (exact) mass is 185 g/mol. The second kappa shape index (κ2) is 3.89. The van der Waals surface area contributed by atoms with Crippen molar-refractivity contribution in [2.75, 3.05) is 6.54 Å². The lowest BCUT2D eigenvalue weighted by atomic mass is 10.1. The Hall–Kier alpha value is -0.870. The van der Waals surface area contributed by atoms with Crippen LogP contribution in [0.4, 0.5) is 0 Å². The SMILES string of the molecule is CC(O)(CNC1CC=CC1)C(=O)O. The first-order chi connectivity index (χ1) is 6.02. The summed E-state index contributed by atoms with van der Waals surface area (Å²) in [4.78, 5) is 10.5. The lowest BCUT2D eigenvalue weighted by Crippen LogP contribution is -2.47. The van der Waals surface area contributed by atoms with Crippen LogP contribution in [0.2, 0.25) is 0 Å². The summed E-state index contributed by atoms with van der Waals surface area (Å²) in [7, 11) is 0. The molecule has 1 aliphatic carbocycles. The molecular formula is C9H15NO3. The molecule has 1 atom stereocenters. The van der Waals surface area contributed by atoms with Gasteiger partial charge < -0.3 is 15.5 Å².